The van der Waals surface area contributed by atoms with Gasteiger partial charge < -0.3 is 8.98 Å². The molecule has 2 nitrogen and oxygen atoms in total. The molecule has 0 atom stereocenters. The Balaban J connectivity index is 1.27. The zero-order valence-corrected chi connectivity index (χ0v) is 28.5. The average Bonchev–Trinajstić information content (AvgIpc) is 3.68. The number of benzene rings is 6. The summed E-state index contributed by atoms with van der Waals surface area (Å²) in [6, 6.07) is 47.6. The molecule has 238 valence electrons. The normalized spacial score (nSPS) is 12.6. The lowest BCUT2D eigenvalue weighted by Crippen LogP contribution is -2.20. The summed E-state index contributed by atoms with van der Waals surface area (Å²) >= 11 is 0. The van der Waals surface area contributed by atoms with E-state index in [9.17, 15) is 0 Å². The van der Waals surface area contributed by atoms with Gasteiger partial charge in [0.25, 0.3) is 0 Å². The fourth-order valence-corrected chi connectivity index (χ4v) is 7.59. The zero-order valence-electron chi connectivity index (χ0n) is 28.5. The first kappa shape index (κ1) is 30.5. The predicted molar refractivity (Wildman–Crippen MR) is 210 cm³/mol. The van der Waals surface area contributed by atoms with E-state index in [1.807, 2.05) is 12.1 Å². The maximum Gasteiger partial charge on any atom is 0.143 e. The molecule has 0 saturated carbocycles. The molecule has 2 heterocycles. The maximum atomic E-state index is 6.30. The second kappa shape index (κ2) is 12.0. The minimum Gasteiger partial charge on any atom is -0.455 e. The molecule has 0 N–H and O–H groups in total. The van der Waals surface area contributed by atoms with Gasteiger partial charge in [-0.1, -0.05) is 154 Å². The molecular weight excluding hydrogens is 595 g/mol. The number of aromatic nitrogens is 1. The third-order valence-corrected chi connectivity index (χ3v) is 10.1. The van der Waals surface area contributed by atoms with Crippen LogP contribution in [0, 0.1) is 6.92 Å². The Morgan fingerprint density at radius 3 is 2.22 bits per heavy atom. The molecule has 0 saturated heterocycles. The van der Waals surface area contributed by atoms with E-state index in [4.69, 9.17) is 4.42 Å². The highest BCUT2D eigenvalue weighted by molar-refractivity contribution is 6.15. The van der Waals surface area contributed by atoms with E-state index < -0.39 is 0 Å². The third-order valence-electron chi connectivity index (χ3n) is 10.1. The summed E-state index contributed by atoms with van der Waals surface area (Å²) in [5.41, 5.74) is 13.4. The SMILES string of the molecule is C=C(/C=C\C=C(/C)n1c2ccccc2c2ccc(C)c(-c3ccccc3C(C)(C)c3ccccc3)c21)c1cccc2c1oc1ccccc12. The molecule has 0 unspecified atom stereocenters. The molecule has 0 amide bonds. The van der Waals surface area contributed by atoms with E-state index >= 15 is 0 Å². The van der Waals surface area contributed by atoms with Crippen LogP contribution in [-0.2, 0) is 5.41 Å². The molecule has 2 heteroatoms. The van der Waals surface area contributed by atoms with E-state index in [2.05, 4.69) is 178 Å². The van der Waals surface area contributed by atoms with E-state index in [0.29, 0.717) is 0 Å². The number of para-hydroxylation sites is 3. The van der Waals surface area contributed by atoms with Gasteiger partial charge in [0.1, 0.15) is 11.2 Å². The van der Waals surface area contributed by atoms with Crippen LogP contribution >= 0.6 is 0 Å². The molecule has 0 bridgehead atoms. The van der Waals surface area contributed by atoms with Crippen LogP contribution < -0.4 is 0 Å². The van der Waals surface area contributed by atoms with Gasteiger partial charge in [-0.3, -0.25) is 0 Å². The van der Waals surface area contributed by atoms with Gasteiger partial charge in [-0.25, -0.2) is 0 Å². The molecule has 0 spiro atoms. The summed E-state index contributed by atoms with van der Waals surface area (Å²) in [4.78, 5) is 0. The summed E-state index contributed by atoms with van der Waals surface area (Å²) < 4.78 is 8.74. The van der Waals surface area contributed by atoms with Crippen molar-refractivity contribution in [2.45, 2.75) is 33.1 Å². The smallest absolute Gasteiger partial charge is 0.143 e. The van der Waals surface area contributed by atoms with Crippen molar-refractivity contribution in [3.8, 4) is 11.1 Å². The van der Waals surface area contributed by atoms with E-state index in [1.54, 1.807) is 0 Å². The summed E-state index contributed by atoms with van der Waals surface area (Å²) in [6.45, 7) is 13.6. The molecule has 0 aliphatic carbocycles. The molecule has 0 fully saturated rings. The minimum absolute atomic E-state index is 0.194. The number of nitrogens with zero attached hydrogens (tertiary/aromatic N) is 1. The lowest BCUT2D eigenvalue weighted by atomic mass is 9.74. The number of rotatable bonds is 7. The van der Waals surface area contributed by atoms with E-state index in [0.717, 1.165) is 38.8 Å². The number of hydrogen-bond donors (Lipinski definition) is 0. The third kappa shape index (κ3) is 5.03. The van der Waals surface area contributed by atoms with Crippen molar-refractivity contribution in [3.05, 3.63) is 181 Å². The van der Waals surface area contributed by atoms with Crippen LogP contribution in [-0.4, -0.2) is 4.57 Å². The van der Waals surface area contributed by atoms with Gasteiger partial charge in [-0.05, 0) is 59.9 Å². The lowest BCUT2D eigenvalue weighted by molar-refractivity contribution is 0.642. The van der Waals surface area contributed by atoms with Crippen LogP contribution in [0.25, 0.3) is 66.1 Å². The molecule has 49 heavy (non-hydrogen) atoms. The van der Waals surface area contributed by atoms with E-state index in [1.165, 1.54) is 49.6 Å². The van der Waals surface area contributed by atoms with Crippen LogP contribution in [0.3, 0.4) is 0 Å². The summed E-state index contributed by atoms with van der Waals surface area (Å²) in [7, 11) is 0. The number of allylic oxidation sites excluding steroid dienone is 5. The molecule has 6 aromatic carbocycles. The van der Waals surface area contributed by atoms with Crippen molar-refractivity contribution < 1.29 is 4.42 Å². The summed E-state index contributed by atoms with van der Waals surface area (Å²) in [6.07, 6.45) is 6.40. The van der Waals surface area contributed by atoms with Crippen LogP contribution in [0.4, 0.5) is 0 Å². The average molecular weight is 634 g/mol. The van der Waals surface area contributed by atoms with Gasteiger partial charge in [0.15, 0.2) is 0 Å². The van der Waals surface area contributed by atoms with Crippen molar-refractivity contribution >= 4 is 55.0 Å². The maximum absolute atomic E-state index is 6.30. The van der Waals surface area contributed by atoms with Crippen LogP contribution in [0.2, 0.25) is 0 Å². The number of fused-ring (bicyclic) bond motifs is 6. The quantitative estimate of drug-likeness (QED) is 0.160. The van der Waals surface area contributed by atoms with Crippen LogP contribution in [0.1, 0.15) is 43.0 Å². The molecular formula is C47H39NO. The van der Waals surface area contributed by atoms with Gasteiger partial charge >= 0.3 is 0 Å². The highest BCUT2D eigenvalue weighted by Crippen LogP contribution is 2.44. The second-order valence-electron chi connectivity index (χ2n) is 13.5. The molecule has 0 radical (unpaired) electrons. The van der Waals surface area contributed by atoms with E-state index in [-0.39, 0.29) is 5.41 Å². The monoisotopic (exact) mass is 633 g/mol. The first-order valence-electron chi connectivity index (χ1n) is 17.0. The van der Waals surface area contributed by atoms with Gasteiger partial charge in [0.05, 0.1) is 11.0 Å². The standard InChI is InChI=1S/C47H39NO/c1-31(35-24-16-25-39-37-22-11-14-28-43(37)49-46(35)39)17-15-18-33(3)48-42-27-13-10-21-36(42)38-30-29-32(2)44(45(38)48)40-23-9-12-26-41(40)47(4,5)34-19-7-6-8-20-34/h6-30H,1H2,2-5H3/b17-15-,33-18+. The second-order valence-corrected chi connectivity index (χ2v) is 13.5. The largest absolute Gasteiger partial charge is 0.455 e. The molecule has 8 aromatic rings. The summed E-state index contributed by atoms with van der Waals surface area (Å²) in [5, 5.41) is 4.73. The fourth-order valence-electron chi connectivity index (χ4n) is 7.59. The Morgan fingerprint density at radius 2 is 1.39 bits per heavy atom. The van der Waals surface area contributed by atoms with Gasteiger partial charge in [0, 0.05) is 43.8 Å². The van der Waals surface area contributed by atoms with Crippen LogP contribution in [0.5, 0.6) is 0 Å². The number of aryl methyl sites for hydroxylation is 1. The van der Waals surface area contributed by atoms with Gasteiger partial charge in [0.2, 0.25) is 0 Å². The van der Waals surface area contributed by atoms with Gasteiger partial charge in [-0.15, -0.1) is 0 Å². The Labute approximate surface area is 287 Å². The van der Waals surface area contributed by atoms with Crippen LogP contribution in [0.15, 0.2) is 163 Å². The molecule has 0 aliphatic rings. The zero-order chi connectivity index (χ0) is 33.7. The Bertz CT molecular complexity index is 2600. The topological polar surface area (TPSA) is 18.1 Å². The van der Waals surface area contributed by atoms with Crippen molar-refractivity contribution in [1.29, 1.82) is 0 Å². The number of furan rings is 1. The van der Waals surface area contributed by atoms with Crippen molar-refractivity contribution in [2.24, 2.45) is 0 Å². The minimum atomic E-state index is -0.194. The molecule has 2 aromatic heterocycles. The Hall–Kier alpha value is -5.86. The highest BCUT2D eigenvalue weighted by atomic mass is 16.3. The first-order valence-corrected chi connectivity index (χ1v) is 17.0. The Kier molecular flexibility index (Phi) is 7.45. The number of hydrogen-bond acceptors (Lipinski definition) is 1. The predicted octanol–water partition coefficient (Wildman–Crippen LogP) is 13.1. The van der Waals surface area contributed by atoms with Crippen molar-refractivity contribution in [1.82, 2.24) is 4.57 Å². The fraction of sp³-hybridized carbons (Fsp3) is 0.106. The van der Waals surface area contributed by atoms with Crippen molar-refractivity contribution in [3.63, 3.8) is 0 Å². The molecule has 0 aliphatic heterocycles. The lowest BCUT2D eigenvalue weighted by Gasteiger charge is -2.29. The highest BCUT2D eigenvalue weighted by Gasteiger charge is 2.28. The first-order chi connectivity index (χ1) is 23.8. The van der Waals surface area contributed by atoms with Crippen molar-refractivity contribution in [2.75, 3.05) is 0 Å². The van der Waals surface area contributed by atoms with Gasteiger partial charge in [-0.2, -0.15) is 0 Å². The Morgan fingerprint density at radius 1 is 0.694 bits per heavy atom. The summed E-state index contributed by atoms with van der Waals surface area (Å²) in [5.74, 6) is 0. The molecule has 8 rings (SSSR count).